The Bertz CT molecular complexity index is 559. The third kappa shape index (κ3) is 2.25. The molecule has 6 heteroatoms. The molecular weight excluding hydrogens is 258 g/mol. The quantitative estimate of drug-likeness (QED) is 0.805. The number of hydrogen-bond donors (Lipinski definition) is 0. The smallest absolute Gasteiger partial charge is 0.231 e. The van der Waals surface area contributed by atoms with E-state index >= 15 is 0 Å². The van der Waals surface area contributed by atoms with Crippen LogP contribution in [-0.4, -0.2) is 20.5 Å². The second kappa shape index (κ2) is 4.58. The van der Waals surface area contributed by atoms with Gasteiger partial charge < -0.3 is 0 Å². The van der Waals surface area contributed by atoms with E-state index in [2.05, 4.69) is 10.1 Å². The number of aromatic nitrogens is 3. The molecule has 90 valence electrons. The Morgan fingerprint density at radius 1 is 1.53 bits per heavy atom. The van der Waals surface area contributed by atoms with Crippen LogP contribution in [0.5, 0.6) is 0 Å². The van der Waals surface area contributed by atoms with Crippen LogP contribution in [0.4, 0.5) is 0 Å². The van der Waals surface area contributed by atoms with Gasteiger partial charge in [0.2, 0.25) is 5.78 Å². The first-order chi connectivity index (χ1) is 8.00. The maximum absolute atomic E-state index is 12.3. The van der Waals surface area contributed by atoms with Crippen LogP contribution < -0.4 is 0 Å². The minimum atomic E-state index is -0.175. The standard InChI is InChI=1S/C11H12ClN3OS/c1-6(2)15-10(8(12)4-13-15)11(16)9-5-17-7(3)14-9/h4-6H,1-3H3. The normalized spacial score (nSPS) is 11.1. The summed E-state index contributed by atoms with van der Waals surface area (Å²) in [7, 11) is 0. The van der Waals surface area contributed by atoms with Crippen molar-refractivity contribution in [3.8, 4) is 0 Å². The number of hydrogen-bond acceptors (Lipinski definition) is 4. The van der Waals surface area contributed by atoms with Crippen molar-refractivity contribution in [1.29, 1.82) is 0 Å². The van der Waals surface area contributed by atoms with Gasteiger partial charge in [-0.05, 0) is 20.8 Å². The average Bonchev–Trinajstić information content (AvgIpc) is 2.83. The van der Waals surface area contributed by atoms with E-state index < -0.39 is 0 Å². The molecule has 0 N–H and O–H groups in total. The van der Waals surface area contributed by atoms with Crippen molar-refractivity contribution in [3.05, 3.63) is 33.0 Å². The van der Waals surface area contributed by atoms with Crippen LogP contribution in [0.1, 0.15) is 41.1 Å². The highest BCUT2D eigenvalue weighted by Gasteiger charge is 2.22. The summed E-state index contributed by atoms with van der Waals surface area (Å²) in [5.74, 6) is -0.175. The van der Waals surface area contributed by atoms with E-state index in [4.69, 9.17) is 11.6 Å². The minimum Gasteiger partial charge on any atom is -0.285 e. The van der Waals surface area contributed by atoms with E-state index in [0.717, 1.165) is 5.01 Å². The molecule has 2 heterocycles. The SMILES string of the molecule is Cc1nc(C(=O)c2c(Cl)cnn2C(C)C)cs1. The molecule has 0 aliphatic carbocycles. The van der Waals surface area contributed by atoms with Gasteiger partial charge in [-0.1, -0.05) is 11.6 Å². The third-order valence-electron chi connectivity index (χ3n) is 2.31. The zero-order valence-corrected chi connectivity index (χ0v) is 11.3. The van der Waals surface area contributed by atoms with Gasteiger partial charge in [0.05, 0.1) is 16.2 Å². The summed E-state index contributed by atoms with van der Waals surface area (Å²) in [6.45, 7) is 5.77. The Morgan fingerprint density at radius 3 is 2.76 bits per heavy atom. The fourth-order valence-corrected chi connectivity index (χ4v) is 2.34. The van der Waals surface area contributed by atoms with E-state index in [-0.39, 0.29) is 11.8 Å². The Kier molecular flexibility index (Phi) is 3.31. The molecule has 0 saturated heterocycles. The van der Waals surface area contributed by atoms with Crippen molar-refractivity contribution < 1.29 is 4.79 Å². The number of halogens is 1. The second-order valence-corrected chi connectivity index (χ2v) is 5.43. The Morgan fingerprint density at radius 2 is 2.24 bits per heavy atom. The lowest BCUT2D eigenvalue weighted by Gasteiger charge is -2.09. The van der Waals surface area contributed by atoms with E-state index in [0.29, 0.717) is 16.4 Å². The van der Waals surface area contributed by atoms with Crippen LogP contribution >= 0.6 is 22.9 Å². The third-order valence-corrected chi connectivity index (χ3v) is 3.36. The largest absolute Gasteiger partial charge is 0.285 e. The molecule has 0 radical (unpaired) electrons. The molecular formula is C11H12ClN3OS. The van der Waals surface area contributed by atoms with Crippen molar-refractivity contribution >= 4 is 28.7 Å². The summed E-state index contributed by atoms with van der Waals surface area (Å²) >= 11 is 7.46. The summed E-state index contributed by atoms with van der Waals surface area (Å²) in [5, 5.41) is 7.08. The lowest BCUT2D eigenvalue weighted by atomic mass is 10.2. The van der Waals surface area contributed by atoms with Crippen LogP contribution in [0.2, 0.25) is 5.02 Å². The fourth-order valence-electron chi connectivity index (χ4n) is 1.53. The summed E-state index contributed by atoms with van der Waals surface area (Å²) < 4.78 is 1.62. The van der Waals surface area contributed by atoms with Gasteiger partial charge in [-0.25, -0.2) is 4.98 Å². The van der Waals surface area contributed by atoms with Crippen LogP contribution in [0.15, 0.2) is 11.6 Å². The molecule has 0 atom stereocenters. The second-order valence-electron chi connectivity index (χ2n) is 3.96. The van der Waals surface area contributed by atoms with Crippen LogP contribution in [0.25, 0.3) is 0 Å². The van der Waals surface area contributed by atoms with Crippen LogP contribution in [-0.2, 0) is 0 Å². The van der Waals surface area contributed by atoms with Crippen molar-refractivity contribution in [1.82, 2.24) is 14.8 Å². The van der Waals surface area contributed by atoms with Gasteiger partial charge in [-0.15, -0.1) is 11.3 Å². The molecule has 0 amide bonds. The highest BCUT2D eigenvalue weighted by atomic mass is 35.5. The summed E-state index contributed by atoms with van der Waals surface area (Å²) in [6, 6.07) is 0.0844. The number of nitrogens with zero attached hydrogens (tertiary/aromatic N) is 3. The molecule has 0 aliphatic rings. The highest BCUT2D eigenvalue weighted by Crippen LogP contribution is 2.22. The summed E-state index contributed by atoms with van der Waals surface area (Å²) in [5.41, 5.74) is 0.837. The number of rotatable bonds is 3. The Hall–Kier alpha value is -1.20. The van der Waals surface area contributed by atoms with Crippen LogP contribution in [0, 0.1) is 6.92 Å². The van der Waals surface area contributed by atoms with Crippen molar-refractivity contribution in [2.24, 2.45) is 0 Å². The molecule has 2 aromatic rings. The molecule has 0 aliphatic heterocycles. The molecule has 4 nitrogen and oxygen atoms in total. The monoisotopic (exact) mass is 269 g/mol. The van der Waals surface area contributed by atoms with Gasteiger partial charge in [-0.2, -0.15) is 5.10 Å². The lowest BCUT2D eigenvalue weighted by molar-refractivity contribution is 0.102. The zero-order valence-electron chi connectivity index (χ0n) is 9.77. The highest BCUT2D eigenvalue weighted by molar-refractivity contribution is 7.09. The van der Waals surface area contributed by atoms with Gasteiger partial charge in [0.25, 0.3) is 0 Å². The zero-order chi connectivity index (χ0) is 12.6. The molecule has 2 aromatic heterocycles. The number of thiazole rings is 1. The average molecular weight is 270 g/mol. The van der Waals surface area contributed by atoms with Crippen molar-refractivity contribution in [3.63, 3.8) is 0 Å². The van der Waals surface area contributed by atoms with E-state index in [1.54, 1.807) is 10.1 Å². The Labute approximate surface area is 108 Å². The Balaban J connectivity index is 2.47. The molecule has 0 saturated carbocycles. The first kappa shape index (κ1) is 12.3. The lowest BCUT2D eigenvalue weighted by Crippen LogP contribution is -2.14. The maximum Gasteiger partial charge on any atom is 0.231 e. The number of aryl methyl sites for hydroxylation is 1. The topological polar surface area (TPSA) is 47.8 Å². The number of ketones is 1. The minimum absolute atomic E-state index is 0.0844. The molecule has 17 heavy (non-hydrogen) atoms. The summed E-state index contributed by atoms with van der Waals surface area (Å²) in [4.78, 5) is 16.4. The first-order valence-corrected chi connectivity index (χ1v) is 6.46. The molecule has 0 aromatic carbocycles. The molecule has 0 spiro atoms. The predicted octanol–water partition coefficient (Wildman–Crippen LogP) is 3.11. The number of carbonyl (C=O) groups is 1. The van der Waals surface area contributed by atoms with Crippen molar-refractivity contribution in [2.75, 3.05) is 0 Å². The van der Waals surface area contributed by atoms with Gasteiger partial charge in [0.15, 0.2) is 0 Å². The molecule has 0 fully saturated rings. The number of carbonyl (C=O) groups excluding carboxylic acids is 1. The molecule has 0 unspecified atom stereocenters. The van der Waals surface area contributed by atoms with Crippen LogP contribution in [0.3, 0.4) is 0 Å². The maximum atomic E-state index is 12.3. The van der Waals surface area contributed by atoms with E-state index in [9.17, 15) is 4.79 Å². The van der Waals surface area contributed by atoms with E-state index in [1.165, 1.54) is 17.5 Å². The van der Waals surface area contributed by atoms with Gasteiger partial charge in [0.1, 0.15) is 11.4 Å². The molecule has 0 bridgehead atoms. The van der Waals surface area contributed by atoms with Gasteiger partial charge in [0, 0.05) is 11.4 Å². The first-order valence-electron chi connectivity index (χ1n) is 5.20. The molecule has 2 rings (SSSR count). The van der Waals surface area contributed by atoms with E-state index in [1.807, 2.05) is 20.8 Å². The predicted molar refractivity (Wildman–Crippen MR) is 67.9 cm³/mol. The fraction of sp³-hybridized carbons (Fsp3) is 0.364. The van der Waals surface area contributed by atoms with Gasteiger partial charge in [-0.3, -0.25) is 9.48 Å². The summed E-state index contributed by atoms with van der Waals surface area (Å²) in [6.07, 6.45) is 1.49. The van der Waals surface area contributed by atoms with Gasteiger partial charge >= 0.3 is 0 Å². The van der Waals surface area contributed by atoms with Crippen molar-refractivity contribution in [2.45, 2.75) is 26.8 Å².